The van der Waals surface area contributed by atoms with Crippen molar-refractivity contribution in [2.75, 3.05) is 11.2 Å². The summed E-state index contributed by atoms with van der Waals surface area (Å²) in [6.07, 6.45) is 3.79. The molecule has 3 N–H and O–H groups in total. The summed E-state index contributed by atoms with van der Waals surface area (Å²) in [5.41, 5.74) is 8.58. The maximum Gasteiger partial charge on any atom is 0.147 e. The fourth-order valence-electron chi connectivity index (χ4n) is 1.06. The molecule has 0 aliphatic heterocycles. The average molecular weight is 174 g/mol. The predicted octanol–water partition coefficient (Wildman–Crippen LogP) is 1.34. The zero-order valence-electron chi connectivity index (χ0n) is 7.01. The van der Waals surface area contributed by atoms with Gasteiger partial charge in [0.05, 0.1) is 0 Å². The van der Waals surface area contributed by atoms with Gasteiger partial charge in [-0.1, -0.05) is 6.07 Å². The smallest absolute Gasteiger partial charge is 0.147 e. The highest BCUT2D eigenvalue weighted by Crippen LogP contribution is 2.05. The van der Waals surface area contributed by atoms with Crippen LogP contribution in [0.2, 0.25) is 0 Å². The second-order valence-corrected chi connectivity index (χ2v) is 2.65. The Kier molecular flexibility index (Phi) is 1.88. The Morgan fingerprint density at radius 1 is 1.15 bits per heavy atom. The maximum atomic E-state index is 5.53. The van der Waals surface area contributed by atoms with Gasteiger partial charge in [0, 0.05) is 12.4 Å². The van der Waals surface area contributed by atoms with Crippen LogP contribution >= 0.6 is 0 Å². The number of hydrogen-bond donors (Lipinski definition) is 2. The van der Waals surface area contributed by atoms with Crippen molar-refractivity contribution in [3.63, 3.8) is 0 Å². The molecule has 0 radical (unpaired) electrons. The lowest BCUT2D eigenvalue weighted by molar-refractivity contribution is 0.954. The van der Waals surface area contributed by atoms with E-state index >= 15 is 0 Å². The van der Waals surface area contributed by atoms with E-state index in [-0.39, 0.29) is 0 Å². The molecule has 13 heavy (non-hydrogen) atoms. The normalized spacial score (nSPS) is 9.85. The molecule has 0 bridgehead atoms. The first-order valence-corrected chi connectivity index (χ1v) is 3.97. The van der Waals surface area contributed by atoms with Gasteiger partial charge in [0.15, 0.2) is 0 Å². The Morgan fingerprint density at radius 3 is 2.62 bits per heavy atom. The third-order valence-corrected chi connectivity index (χ3v) is 1.62. The van der Waals surface area contributed by atoms with Crippen LogP contribution in [0.15, 0.2) is 42.7 Å². The molecule has 0 saturated heterocycles. The van der Waals surface area contributed by atoms with Crippen LogP contribution < -0.4 is 11.2 Å². The second kappa shape index (κ2) is 3.18. The highest BCUT2D eigenvalue weighted by atomic mass is 15.4. The van der Waals surface area contributed by atoms with Crippen molar-refractivity contribution in [3.05, 3.63) is 42.7 Å². The predicted molar refractivity (Wildman–Crippen MR) is 52.1 cm³/mol. The van der Waals surface area contributed by atoms with Gasteiger partial charge < -0.3 is 5.73 Å². The number of anilines is 2. The van der Waals surface area contributed by atoms with Crippen LogP contribution in [0.5, 0.6) is 0 Å². The number of nitrogens with zero attached hydrogens (tertiary/aromatic N) is 2. The van der Waals surface area contributed by atoms with E-state index in [1.54, 1.807) is 6.07 Å². The van der Waals surface area contributed by atoms with Gasteiger partial charge in [-0.3, -0.25) is 10.1 Å². The van der Waals surface area contributed by atoms with Crippen LogP contribution in [-0.2, 0) is 0 Å². The Morgan fingerprint density at radius 2 is 1.92 bits per heavy atom. The van der Waals surface area contributed by atoms with Gasteiger partial charge in [0.2, 0.25) is 0 Å². The van der Waals surface area contributed by atoms with E-state index in [9.17, 15) is 0 Å². The van der Waals surface area contributed by atoms with Crippen LogP contribution in [-0.4, -0.2) is 9.66 Å². The lowest BCUT2D eigenvalue weighted by atomic mass is 10.4. The van der Waals surface area contributed by atoms with Gasteiger partial charge in [-0.2, -0.15) is 0 Å². The van der Waals surface area contributed by atoms with E-state index in [0.717, 1.165) is 5.82 Å². The highest BCUT2D eigenvalue weighted by molar-refractivity contribution is 5.41. The number of nitrogens with two attached hydrogens (primary N) is 1. The van der Waals surface area contributed by atoms with Gasteiger partial charge in [0.1, 0.15) is 11.6 Å². The van der Waals surface area contributed by atoms with E-state index in [2.05, 4.69) is 10.4 Å². The number of hydrogen-bond acceptors (Lipinski definition) is 3. The number of pyridine rings is 1. The third-order valence-electron chi connectivity index (χ3n) is 1.62. The maximum absolute atomic E-state index is 5.53. The monoisotopic (exact) mass is 174 g/mol. The minimum Gasteiger partial charge on any atom is -0.384 e. The average Bonchev–Trinajstić information content (AvgIpc) is 2.57. The van der Waals surface area contributed by atoms with Gasteiger partial charge >= 0.3 is 0 Å². The van der Waals surface area contributed by atoms with Crippen molar-refractivity contribution >= 4 is 11.6 Å². The standard InChI is InChI=1S/C9H10N4/c10-8-4-3-5-9(11-8)12-13-6-1-2-7-13/h1-7H,(H3,10,11,12). The first kappa shape index (κ1) is 7.67. The molecule has 2 heterocycles. The minimum absolute atomic E-state index is 0.511. The Labute approximate surface area is 76.0 Å². The molecular formula is C9H10N4. The first-order valence-electron chi connectivity index (χ1n) is 3.97. The molecule has 4 nitrogen and oxygen atoms in total. The van der Waals surface area contributed by atoms with Crippen molar-refractivity contribution < 1.29 is 0 Å². The molecule has 0 aliphatic rings. The number of rotatable bonds is 2. The van der Waals surface area contributed by atoms with Gasteiger partial charge in [0.25, 0.3) is 0 Å². The van der Waals surface area contributed by atoms with E-state index in [4.69, 9.17) is 5.73 Å². The number of nitrogen functional groups attached to an aromatic ring is 1. The lowest BCUT2D eigenvalue weighted by Gasteiger charge is -2.05. The van der Waals surface area contributed by atoms with Crippen LogP contribution in [0.25, 0.3) is 0 Å². The van der Waals surface area contributed by atoms with Crippen molar-refractivity contribution in [1.29, 1.82) is 0 Å². The van der Waals surface area contributed by atoms with Crippen LogP contribution in [0.4, 0.5) is 11.6 Å². The summed E-state index contributed by atoms with van der Waals surface area (Å²) in [5, 5.41) is 0. The van der Waals surface area contributed by atoms with E-state index in [1.165, 1.54) is 0 Å². The summed E-state index contributed by atoms with van der Waals surface area (Å²) >= 11 is 0. The minimum atomic E-state index is 0.511. The fourth-order valence-corrected chi connectivity index (χ4v) is 1.06. The van der Waals surface area contributed by atoms with Crippen molar-refractivity contribution in [2.24, 2.45) is 0 Å². The summed E-state index contributed by atoms with van der Waals surface area (Å²) in [5.74, 6) is 1.24. The summed E-state index contributed by atoms with van der Waals surface area (Å²) in [6.45, 7) is 0. The van der Waals surface area contributed by atoms with Crippen molar-refractivity contribution in [2.45, 2.75) is 0 Å². The molecule has 2 aromatic heterocycles. The second-order valence-electron chi connectivity index (χ2n) is 2.65. The van der Waals surface area contributed by atoms with Crippen LogP contribution in [0.1, 0.15) is 0 Å². The Balaban J connectivity index is 2.19. The Bertz CT molecular complexity index is 380. The molecular weight excluding hydrogens is 164 g/mol. The molecule has 0 atom stereocenters. The van der Waals surface area contributed by atoms with Crippen molar-refractivity contribution in [3.8, 4) is 0 Å². The van der Waals surface area contributed by atoms with Gasteiger partial charge in [-0.15, -0.1) is 0 Å². The van der Waals surface area contributed by atoms with Gasteiger partial charge in [-0.05, 0) is 24.3 Å². The largest absolute Gasteiger partial charge is 0.384 e. The SMILES string of the molecule is Nc1cccc(Nn2cccc2)n1. The highest BCUT2D eigenvalue weighted by Gasteiger charge is 1.92. The van der Waals surface area contributed by atoms with Gasteiger partial charge in [-0.25, -0.2) is 4.98 Å². The molecule has 0 amide bonds. The summed E-state index contributed by atoms with van der Waals surface area (Å²) in [4.78, 5) is 4.09. The van der Waals surface area contributed by atoms with E-state index < -0.39 is 0 Å². The van der Waals surface area contributed by atoms with Crippen molar-refractivity contribution in [1.82, 2.24) is 9.66 Å². The number of nitrogens with one attached hydrogen (secondary N) is 1. The quantitative estimate of drug-likeness (QED) is 0.722. The topological polar surface area (TPSA) is 55.9 Å². The molecule has 2 aromatic rings. The van der Waals surface area contributed by atoms with Crippen LogP contribution in [0, 0.1) is 0 Å². The molecule has 0 aromatic carbocycles. The first-order chi connectivity index (χ1) is 6.34. The molecule has 0 aliphatic carbocycles. The zero-order valence-corrected chi connectivity index (χ0v) is 7.01. The number of aromatic nitrogens is 2. The third kappa shape index (κ3) is 1.79. The molecule has 0 unspecified atom stereocenters. The summed E-state index contributed by atoms with van der Waals surface area (Å²) < 4.78 is 1.81. The molecule has 0 fully saturated rings. The van der Waals surface area contributed by atoms with E-state index in [0.29, 0.717) is 5.82 Å². The summed E-state index contributed by atoms with van der Waals surface area (Å²) in [6, 6.07) is 9.32. The molecule has 0 spiro atoms. The lowest BCUT2D eigenvalue weighted by Crippen LogP contribution is -2.07. The molecule has 4 heteroatoms. The molecule has 2 rings (SSSR count). The van der Waals surface area contributed by atoms with Crippen LogP contribution in [0.3, 0.4) is 0 Å². The zero-order chi connectivity index (χ0) is 9.10. The van der Waals surface area contributed by atoms with E-state index in [1.807, 2.05) is 41.3 Å². The fraction of sp³-hybridized carbons (Fsp3) is 0. The molecule has 66 valence electrons. The molecule has 0 saturated carbocycles. The summed E-state index contributed by atoms with van der Waals surface area (Å²) in [7, 11) is 0. The Hall–Kier alpha value is -1.97.